The van der Waals surface area contributed by atoms with Crippen molar-refractivity contribution in [2.75, 3.05) is 0 Å². The molecule has 2 fully saturated rings. The molecule has 19 heavy (non-hydrogen) atoms. The Kier molecular flexibility index (Phi) is 2.72. The molecular formula is C16H22N2O. The van der Waals surface area contributed by atoms with Crippen LogP contribution in [0.5, 0.6) is 0 Å². The van der Waals surface area contributed by atoms with E-state index in [1.54, 1.807) is 0 Å². The Labute approximate surface area is 114 Å². The molecule has 0 bridgehead atoms. The lowest BCUT2D eigenvalue weighted by atomic mass is 9.91. The van der Waals surface area contributed by atoms with E-state index < -0.39 is 0 Å². The Morgan fingerprint density at radius 2 is 1.84 bits per heavy atom. The van der Waals surface area contributed by atoms with Crippen LogP contribution in [0.25, 0.3) is 0 Å². The van der Waals surface area contributed by atoms with Crippen molar-refractivity contribution in [3.63, 3.8) is 0 Å². The van der Waals surface area contributed by atoms with E-state index in [4.69, 9.17) is 5.73 Å². The van der Waals surface area contributed by atoms with Gasteiger partial charge in [-0.25, -0.2) is 0 Å². The maximum Gasteiger partial charge on any atom is 0.230 e. The van der Waals surface area contributed by atoms with Gasteiger partial charge in [-0.05, 0) is 50.7 Å². The van der Waals surface area contributed by atoms with Gasteiger partial charge in [0.05, 0.1) is 5.41 Å². The fraction of sp³-hybridized carbons (Fsp3) is 0.562. The van der Waals surface area contributed by atoms with Gasteiger partial charge in [-0.15, -0.1) is 0 Å². The van der Waals surface area contributed by atoms with Crippen LogP contribution in [-0.2, 0) is 15.7 Å². The molecule has 0 heterocycles. The zero-order valence-corrected chi connectivity index (χ0v) is 11.7. The van der Waals surface area contributed by atoms with Crippen LogP contribution >= 0.6 is 0 Å². The second-order valence-corrected chi connectivity index (χ2v) is 6.45. The molecule has 2 aliphatic rings. The number of amides is 1. The molecule has 1 aromatic rings. The Morgan fingerprint density at radius 1 is 1.21 bits per heavy atom. The standard InChI is InChI=1S/C16H22N2O/c1-11(2)18-14(19)15(6-7-15)12-4-3-5-13(10-12)16(17)8-9-16/h3-5,10-11H,6-9,17H2,1-2H3,(H,18,19). The van der Waals surface area contributed by atoms with E-state index in [2.05, 4.69) is 23.5 Å². The van der Waals surface area contributed by atoms with Gasteiger partial charge in [0.15, 0.2) is 0 Å². The predicted molar refractivity (Wildman–Crippen MR) is 75.7 cm³/mol. The summed E-state index contributed by atoms with van der Waals surface area (Å²) in [4.78, 5) is 12.4. The quantitative estimate of drug-likeness (QED) is 0.870. The molecule has 102 valence electrons. The number of hydrogen-bond donors (Lipinski definition) is 2. The van der Waals surface area contributed by atoms with Crippen LogP contribution in [0.2, 0.25) is 0 Å². The van der Waals surface area contributed by atoms with E-state index in [0.717, 1.165) is 31.2 Å². The molecule has 2 saturated carbocycles. The molecule has 1 aromatic carbocycles. The molecule has 0 spiro atoms. The molecule has 3 N–H and O–H groups in total. The highest BCUT2D eigenvalue weighted by molar-refractivity contribution is 5.91. The van der Waals surface area contributed by atoms with Crippen molar-refractivity contribution in [3.05, 3.63) is 35.4 Å². The second kappa shape index (κ2) is 4.07. The SMILES string of the molecule is CC(C)NC(=O)C1(c2cccc(C3(N)CC3)c2)CC1. The van der Waals surface area contributed by atoms with E-state index in [9.17, 15) is 4.79 Å². The first kappa shape index (κ1) is 12.7. The molecule has 0 radical (unpaired) electrons. The minimum Gasteiger partial charge on any atom is -0.353 e. The molecule has 1 amide bonds. The first-order valence-corrected chi connectivity index (χ1v) is 7.17. The number of nitrogens with one attached hydrogen (secondary N) is 1. The molecular weight excluding hydrogens is 236 g/mol. The molecule has 0 saturated heterocycles. The molecule has 3 nitrogen and oxygen atoms in total. The maximum atomic E-state index is 12.4. The fourth-order valence-electron chi connectivity index (χ4n) is 2.72. The highest BCUT2D eigenvalue weighted by Crippen LogP contribution is 2.50. The summed E-state index contributed by atoms with van der Waals surface area (Å²) < 4.78 is 0. The van der Waals surface area contributed by atoms with E-state index in [1.807, 2.05) is 19.9 Å². The summed E-state index contributed by atoms with van der Waals surface area (Å²) in [5.41, 5.74) is 8.17. The van der Waals surface area contributed by atoms with Crippen LogP contribution < -0.4 is 11.1 Å². The highest BCUT2D eigenvalue weighted by atomic mass is 16.2. The molecule has 2 aliphatic carbocycles. The van der Waals surface area contributed by atoms with Crippen LogP contribution in [0.3, 0.4) is 0 Å². The Bertz CT molecular complexity index is 513. The van der Waals surface area contributed by atoms with Gasteiger partial charge in [-0.3, -0.25) is 4.79 Å². The smallest absolute Gasteiger partial charge is 0.230 e. The van der Waals surface area contributed by atoms with Crippen molar-refractivity contribution in [1.29, 1.82) is 0 Å². The zero-order chi connectivity index (χ0) is 13.7. The maximum absolute atomic E-state index is 12.4. The largest absolute Gasteiger partial charge is 0.353 e. The van der Waals surface area contributed by atoms with Crippen molar-refractivity contribution in [2.45, 2.75) is 56.5 Å². The van der Waals surface area contributed by atoms with Crippen molar-refractivity contribution in [3.8, 4) is 0 Å². The molecule has 0 aromatic heterocycles. The summed E-state index contributed by atoms with van der Waals surface area (Å²) in [6.45, 7) is 4.01. The molecule has 0 atom stereocenters. The summed E-state index contributed by atoms with van der Waals surface area (Å²) >= 11 is 0. The fourth-order valence-corrected chi connectivity index (χ4v) is 2.72. The summed E-state index contributed by atoms with van der Waals surface area (Å²) in [5, 5.41) is 3.05. The normalized spacial score (nSPS) is 22.1. The monoisotopic (exact) mass is 258 g/mol. The third-order valence-corrected chi connectivity index (χ3v) is 4.38. The van der Waals surface area contributed by atoms with Crippen molar-refractivity contribution in [1.82, 2.24) is 5.32 Å². The molecule has 0 unspecified atom stereocenters. The number of carbonyl (C=O) groups is 1. The summed E-state index contributed by atoms with van der Waals surface area (Å²) in [6.07, 6.45) is 4.02. The predicted octanol–water partition coefficient (Wildman–Crippen LogP) is 2.19. The van der Waals surface area contributed by atoms with Crippen LogP contribution in [0.4, 0.5) is 0 Å². The topological polar surface area (TPSA) is 55.1 Å². The number of carbonyl (C=O) groups excluding carboxylic acids is 1. The van der Waals surface area contributed by atoms with Crippen LogP contribution in [0.1, 0.15) is 50.7 Å². The highest BCUT2D eigenvalue weighted by Gasteiger charge is 2.52. The van der Waals surface area contributed by atoms with E-state index >= 15 is 0 Å². The first-order chi connectivity index (χ1) is 8.96. The average Bonchev–Trinajstić information content (AvgIpc) is 3.24. The van der Waals surface area contributed by atoms with Gasteiger partial charge >= 0.3 is 0 Å². The summed E-state index contributed by atoms with van der Waals surface area (Å²) in [6, 6.07) is 8.55. The number of nitrogens with two attached hydrogens (primary N) is 1. The molecule has 3 rings (SSSR count). The van der Waals surface area contributed by atoms with Gasteiger partial charge in [0, 0.05) is 11.6 Å². The van der Waals surface area contributed by atoms with Crippen molar-refractivity contribution < 1.29 is 4.79 Å². The van der Waals surface area contributed by atoms with Gasteiger partial charge in [0.1, 0.15) is 0 Å². The lowest BCUT2D eigenvalue weighted by Gasteiger charge is -2.19. The van der Waals surface area contributed by atoms with Gasteiger partial charge in [-0.1, -0.05) is 24.3 Å². The summed E-state index contributed by atoms with van der Waals surface area (Å²) in [5.74, 6) is 0.168. The van der Waals surface area contributed by atoms with Gasteiger partial charge in [-0.2, -0.15) is 0 Å². The van der Waals surface area contributed by atoms with Gasteiger partial charge in [0.2, 0.25) is 5.91 Å². The third-order valence-electron chi connectivity index (χ3n) is 4.38. The van der Waals surface area contributed by atoms with E-state index in [-0.39, 0.29) is 22.9 Å². The average molecular weight is 258 g/mol. The van der Waals surface area contributed by atoms with Crippen molar-refractivity contribution >= 4 is 5.91 Å². The summed E-state index contributed by atoms with van der Waals surface area (Å²) in [7, 11) is 0. The Hall–Kier alpha value is -1.35. The number of benzene rings is 1. The minimum atomic E-state index is -0.286. The zero-order valence-electron chi connectivity index (χ0n) is 11.7. The Balaban J connectivity index is 1.87. The number of rotatable bonds is 4. The Morgan fingerprint density at radius 3 is 2.37 bits per heavy atom. The lowest BCUT2D eigenvalue weighted by molar-refractivity contribution is -0.124. The molecule has 0 aliphatic heterocycles. The minimum absolute atomic E-state index is 0.124. The first-order valence-electron chi connectivity index (χ1n) is 7.17. The van der Waals surface area contributed by atoms with Gasteiger partial charge in [0.25, 0.3) is 0 Å². The number of hydrogen-bond acceptors (Lipinski definition) is 2. The van der Waals surface area contributed by atoms with Crippen LogP contribution in [0.15, 0.2) is 24.3 Å². The van der Waals surface area contributed by atoms with Crippen LogP contribution in [-0.4, -0.2) is 11.9 Å². The third kappa shape index (κ3) is 2.16. The second-order valence-electron chi connectivity index (χ2n) is 6.45. The van der Waals surface area contributed by atoms with E-state index in [0.29, 0.717) is 0 Å². The molecule has 3 heteroatoms. The lowest BCUT2D eigenvalue weighted by Crippen LogP contribution is -2.39. The van der Waals surface area contributed by atoms with Crippen LogP contribution in [0, 0.1) is 0 Å². The van der Waals surface area contributed by atoms with Gasteiger partial charge < -0.3 is 11.1 Å². The van der Waals surface area contributed by atoms with E-state index in [1.165, 1.54) is 5.56 Å². The van der Waals surface area contributed by atoms with Crippen molar-refractivity contribution in [2.24, 2.45) is 5.73 Å².